The van der Waals surface area contributed by atoms with E-state index >= 15 is 0 Å². The molecule has 2 aromatic carbocycles. The Labute approximate surface area is 150 Å². The SMILES string of the molecule is COC(=O)[C@@]1(Cc2ccccc2)CN1S(=O)(=O)c1ccc([N+](=O)[O-])cc1. The molecule has 2 aromatic rings. The highest BCUT2D eigenvalue weighted by Crippen LogP contribution is 2.42. The smallest absolute Gasteiger partial charge is 0.329 e. The van der Waals surface area contributed by atoms with E-state index in [1.54, 1.807) is 24.3 Å². The van der Waals surface area contributed by atoms with Crippen molar-refractivity contribution in [1.82, 2.24) is 4.31 Å². The number of nitro benzene ring substituents is 1. The first kappa shape index (κ1) is 18.0. The number of rotatable bonds is 6. The van der Waals surface area contributed by atoms with Gasteiger partial charge in [-0.3, -0.25) is 10.1 Å². The fourth-order valence-electron chi connectivity index (χ4n) is 2.89. The minimum atomic E-state index is -3.98. The van der Waals surface area contributed by atoms with Crippen LogP contribution in [0.15, 0.2) is 59.5 Å². The van der Waals surface area contributed by atoms with Crippen LogP contribution < -0.4 is 0 Å². The maximum Gasteiger partial charge on any atom is 0.329 e. The number of sulfonamides is 1. The molecule has 9 heteroatoms. The minimum Gasteiger partial charge on any atom is -0.468 e. The quantitative estimate of drug-likeness (QED) is 0.329. The van der Waals surface area contributed by atoms with Gasteiger partial charge in [0, 0.05) is 25.1 Å². The second-order valence-electron chi connectivity index (χ2n) is 5.95. The van der Waals surface area contributed by atoms with Crippen LogP contribution in [-0.2, 0) is 26.0 Å². The molecule has 0 radical (unpaired) electrons. The van der Waals surface area contributed by atoms with Crippen LogP contribution in [0.5, 0.6) is 0 Å². The second-order valence-corrected chi connectivity index (χ2v) is 7.81. The van der Waals surface area contributed by atoms with Crippen molar-refractivity contribution in [2.45, 2.75) is 16.9 Å². The van der Waals surface area contributed by atoms with E-state index in [2.05, 4.69) is 0 Å². The first-order valence-corrected chi connectivity index (χ1v) is 9.15. The molecule has 8 nitrogen and oxygen atoms in total. The first-order valence-electron chi connectivity index (χ1n) is 7.71. The molecule has 1 heterocycles. The predicted octanol–water partition coefficient (Wildman–Crippen LogP) is 1.75. The predicted molar refractivity (Wildman–Crippen MR) is 91.9 cm³/mol. The molecule has 136 valence electrons. The Morgan fingerprint density at radius 2 is 1.81 bits per heavy atom. The molecule has 1 unspecified atom stereocenters. The van der Waals surface area contributed by atoms with Crippen LogP contribution >= 0.6 is 0 Å². The third-order valence-electron chi connectivity index (χ3n) is 4.32. The maximum atomic E-state index is 12.9. The van der Waals surface area contributed by atoms with Gasteiger partial charge >= 0.3 is 5.97 Å². The molecule has 1 aliphatic rings. The van der Waals surface area contributed by atoms with Crippen LogP contribution in [0, 0.1) is 10.1 Å². The van der Waals surface area contributed by atoms with Crippen LogP contribution in [-0.4, -0.2) is 42.8 Å². The van der Waals surface area contributed by atoms with Crippen molar-refractivity contribution in [1.29, 1.82) is 0 Å². The van der Waals surface area contributed by atoms with Gasteiger partial charge in [0.15, 0.2) is 5.54 Å². The largest absolute Gasteiger partial charge is 0.468 e. The lowest BCUT2D eigenvalue weighted by molar-refractivity contribution is -0.384. The average Bonchev–Trinajstić information content (AvgIpc) is 3.38. The summed E-state index contributed by atoms with van der Waals surface area (Å²) in [6.45, 7) is -0.00606. The lowest BCUT2D eigenvalue weighted by Crippen LogP contribution is -2.35. The summed E-state index contributed by atoms with van der Waals surface area (Å²) in [7, 11) is -2.77. The number of esters is 1. The summed E-state index contributed by atoms with van der Waals surface area (Å²) >= 11 is 0. The zero-order valence-corrected chi connectivity index (χ0v) is 14.7. The van der Waals surface area contributed by atoms with Crippen molar-refractivity contribution in [3.63, 3.8) is 0 Å². The van der Waals surface area contributed by atoms with E-state index in [0.29, 0.717) is 0 Å². The van der Waals surface area contributed by atoms with E-state index in [1.165, 1.54) is 7.11 Å². The van der Waals surface area contributed by atoms with Crippen LogP contribution in [0.2, 0.25) is 0 Å². The lowest BCUT2D eigenvalue weighted by atomic mass is 10.00. The van der Waals surface area contributed by atoms with Gasteiger partial charge in [-0.05, 0) is 17.7 Å². The molecule has 0 saturated carbocycles. The van der Waals surface area contributed by atoms with Crippen molar-refractivity contribution in [3.05, 3.63) is 70.3 Å². The maximum absolute atomic E-state index is 12.9. The summed E-state index contributed by atoms with van der Waals surface area (Å²) in [6.07, 6.45) is 0.187. The summed E-state index contributed by atoms with van der Waals surface area (Å²) in [5.74, 6) is -0.633. The lowest BCUT2D eigenvalue weighted by Gasteiger charge is -2.16. The number of benzene rings is 2. The Balaban J connectivity index is 1.92. The molecule has 0 N–H and O–H groups in total. The highest BCUT2D eigenvalue weighted by Gasteiger charge is 2.65. The third-order valence-corrected chi connectivity index (χ3v) is 6.25. The molecule has 3 rings (SSSR count). The molecule has 1 saturated heterocycles. The Bertz CT molecular complexity index is 943. The number of hydrogen-bond acceptors (Lipinski definition) is 6. The van der Waals surface area contributed by atoms with E-state index in [0.717, 1.165) is 34.1 Å². The summed E-state index contributed by atoms with van der Waals surface area (Å²) in [5, 5.41) is 10.7. The van der Waals surface area contributed by atoms with Crippen molar-refractivity contribution < 1.29 is 22.9 Å². The fourth-order valence-corrected chi connectivity index (χ4v) is 4.61. The van der Waals surface area contributed by atoms with E-state index in [1.807, 2.05) is 6.07 Å². The number of methoxy groups -OCH3 is 1. The number of non-ortho nitro benzene ring substituents is 1. The molecule has 0 aliphatic carbocycles. The van der Waals surface area contributed by atoms with Gasteiger partial charge in [0.1, 0.15) is 0 Å². The van der Waals surface area contributed by atoms with Gasteiger partial charge in [0.2, 0.25) is 10.0 Å². The monoisotopic (exact) mass is 376 g/mol. The van der Waals surface area contributed by atoms with Crippen LogP contribution in [0.25, 0.3) is 0 Å². The van der Waals surface area contributed by atoms with E-state index in [9.17, 15) is 23.3 Å². The Hall–Kier alpha value is -2.78. The van der Waals surface area contributed by atoms with Crippen molar-refractivity contribution in [2.75, 3.05) is 13.7 Å². The molecule has 0 aromatic heterocycles. The molecular formula is C17H16N2O6S. The zero-order valence-electron chi connectivity index (χ0n) is 13.9. The summed E-state index contributed by atoms with van der Waals surface area (Å²) in [6, 6.07) is 13.6. The van der Waals surface area contributed by atoms with Crippen molar-refractivity contribution >= 4 is 21.7 Å². The molecule has 26 heavy (non-hydrogen) atoms. The summed E-state index contributed by atoms with van der Waals surface area (Å²) in [4.78, 5) is 22.3. The summed E-state index contributed by atoms with van der Waals surface area (Å²) in [5.41, 5.74) is -0.700. The highest BCUT2D eigenvalue weighted by atomic mass is 32.2. The minimum absolute atomic E-state index is 0.00606. The van der Waals surface area contributed by atoms with Gasteiger partial charge in [-0.2, -0.15) is 4.31 Å². The van der Waals surface area contributed by atoms with Crippen molar-refractivity contribution in [2.24, 2.45) is 0 Å². The number of nitrogens with zero attached hydrogens (tertiary/aromatic N) is 2. The topological polar surface area (TPSA) is 107 Å². The Morgan fingerprint density at radius 1 is 1.19 bits per heavy atom. The van der Waals surface area contributed by atoms with Gasteiger partial charge < -0.3 is 4.74 Å². The zero-order chi connectivity index (χ0) is 18.9. The van der Waals surface area contributed by atoms with E-state index in [4.69, 9.17) is 4.74 Å². The number of ether oxygens (including phenoxy) is 1. The number of hydrogen-bond donors (Lipinski definition) is 0. The van der Waals surface area contributed by atoms with Crippen molar-refractivity contribution in [3.8, 4) is 0 Å². The number of carbonyl (C=O) groups excluding carboxylic acids is 1. The van der Waals surface area contributed by atoms with Crippen LogP contribution in [0.3, 0.4) is 0 Å². The van der Waals surface area contributed by atoms with Crippen LogP contribution in [0.1, 0.15) is 5.56 Å². The van der Waals surface area contributed by atoms with Gasteiger partial charge in [0.05, 0.1) is 16.9 Å². The third kappa shape index (κ3) is 3.06. The van der Waals surface area contributed by atoms with Gasteiger partial charge in [-0.1, -0.05) is 30.3 Å². The summed E-state index contributed by atoms with van der Waals surface area (Å²) < 4.78 is 31.6. The molecular weight excluding hydrogens is 360 g/mol. The Morgan fingerprint density at radius 3 is 2.35 bits per heavy atom. The molecule has 2 atom stereocenters. The Kier molecular flexibility index (Phi) is 4.51. The molecule has 0 bridgehead atoms. The first-order chi connectivity index (χ1) is 12.3. The van der Waals surface area contributed by atoms with E-state index < -0.39 is 26.5 Å². The highest BCUT2D eigenvalue weighted by molar-refractivity contribution is 7.89. The van der Waals surface area contributed by atoms with E-state index in [-0.39, 0.29) is 23.5 Å². The number of carbonyl (C=O) groups is 1. The number of nitro groups is 1. The second kappa shape index (κ2) is 6.50. The molecule has 0 spiro atoms. The standard InChI is InChI=1S/C17H16N2O6S/c1-25-16(20)17(11-13-5-3-2-4-6-13)12-18(17)26(23,24)15-9-7-14(8-10-15)19(21)22/h2-10H,11-12H2,1H3/t17-,18?/m1/s1. The average molecular weight is 376 g/mol. The van der Waals surface area contributed by atoms with Gasteiger partial charge in [-0.15, -0.1) is 0 Å². The van der Waals surface area contributed by atoms with Gasteiger partial charge in [0.25, 0.3) is 5.69 Å². The molecule has 0 amide bonds. The molecule has 1 fully saturated rings. The molecule has 1 aliphatic heterocycles. The fraction of sp³-hybridized carbons (Fsp3) is 0.235. The van der Waals surface area contributed by atoms with Gasteiger partial charge in [-0.25, -0.2) is 13.2 Å². The normalized spacial score (nSPS) is 21.8. The van der Waals surface area contributed by atoms with Crippen LogP contribution in [0.4, 0.5) is 5.69 Å².